The van der Waals surface area contributed by atoms with Crippen molar-refractivity contribution in [3.63, 3.8) is 0 Å². The van der Waals surface area contributed by atoms with Crippen LogP contribution in [0.2, 0.25) is 0 Å². The van der Waals surface area contributed by atoms with E-state index in [1.807, 2.05) is 13.1 Å². The molecule has 0 saturated carbocycles. The Kier molecular flexibility index (Phi) is 5.12. The van der Waals surface area contributed by atoms with Crippen LogP contribution >= 0.6 is 0 Å². The Hall–Kier alpha value is -2.09. The molecular weight excluding hydrogens is 240 g/mol. The first-order valence-electron chi connectivity index (χ1n) is 5.40. The van der Waals surface area contributed by atoms with Gasteiger partial charge in [-0.15, -0.1) is 0 Å². The summed E-state index contributed by atoms with van der Waals surface area (Å²) in [6, 6.07) is -0.529. The highest BCUT2D eigenvalue weighted by molar-refractivity contribution is 5.76. The van der Waals surface area contributed by atoms with E-state index >= 15 is 0 Å². The Labute approximate surface area is 104 Å². The molecule has 0 spiro atoms. The van der Waals surface area contributed by atoms with Gasteiger partial charge >= 0.3 is 12.0 Å². The van der Waals surface area contributed by atoms with Crippen LogP contribution in [-0.2, 0) is 11.3 Å². The van der Waals surface area contributed by atoms with E-state index in [1.165, 1.54) is 0 Å². The predicted molar refractivity (Wildman–Crippen MR) is 62.0 cm³/mol. The van der Waals surface area contributed by atoms with Gasteiger partial charge in [0.25, 0.3) is 0 Å². The van der Waals surface area contributed by atoms with Gasteiger partial charge in [-0.3, -0.25) is 4.68 Å². The predicted octanol–water partition coefficient (Wildman–Crippen LogP) is -1.06. The van der Waals surface area contributed by atoms with Gasteiger partial charge in [-0.2, -0.15) is 5.10 Å². The number of nitrogens with zero attached hydrogens (tertiary/aromatic N) is 2. The molecule has 18 heavy (non-hydrogen) atoms. The number of carbonyl (C=O) groups is 2. The van der Waals surface area contributed by atoms with Gasteiger partial charge in [0.15, 0.2) is 6.10 Å². The second kappa shape index (κ2) is 6.60. The van der Waals surface area contributed by atoms with Crippen molar-refractivity contribution in [3.8, 4) is 0 Å². The number of urea groups is 1. The van der Waals surface area contributed by atoms with Gasteiger partial charge in [-0.05, 0) is 12.5 Å². The number of hydrogen-bond donors (Lipinski definition) is 4. The Bertz CT molecular complexity index is 418. The van der Waals surface area contributed by atoms with Crippen LogP contribution in [0.3, 0.4) is 0 Å². The molecule has 0 bridgehead atoms. The van der Waals surface area contributed by atoms with E-state index in [9.17, 15) is 9.59 Å². The number of aliphatic hydroxyl groups is 1. The second-order valence-corrected chi connectivity index (χ2v) is 3.77. The van der Waals surface area contributed by atoms with E-state index in [0.717, 1.165) is 5.56 Å². The molecule has 0 aliphatic rings. The molecule has 0 aliphatic heterocycles. The zero-order valence-corrected chi connectivity index (χ0v) is 9.96. The molecule has 8 nitrogen and oxygen atoms in total. The summed E-state index contributed by atoms with van der Waals surface area (Å²) in [6.07, 6.45) is 1.96. The first-order valence-corrected chi connectivity index (χ1v) is 5.40. The molecule has 0 radical (unpaired) electrons. The van der Waals surface area contributed by atoms with Crippen LogP contribution in [0.15, 0.2) is 12.4 Å². The number of carbonyl (C=O) groups excluding carboxylic acids is 1. The highest BCUT2D eigenvalue weighted by Gasteiger charge is 2.13. The lowest BCUT2D eigenvalue weighted by molar-refractivity contribution is -0.146. The number of rotatable bonds is 6. The topological polar surface area (TPSA) is 116 Å². The Morgan fingerprint density at radius 3 is 2.78 bits per heavy atom. The van der Waals surface area contributed by atoms with Crippen molar-refractivity contribution in [1.29, 1.82) is 0 Å². The monoisotopic (exact) mass is 256 g/mol. The average molecular weight is 256 g/mol. The highest BCUT2D eigenvalue weighted by atomic mass is 16.4. The van der Waals surface area contributed by atoms with Crippen molar-refractivity contribution in [2.45, 2.75) is 19.6 Å². The maximum absolute atomic E-state index is 11.2. The number of aliphatic carboxylic acids is 1. The number of amides is 2. The quantitative estimate of drug-likeness (QED) is 0.517. The molecule has 1 atom stereocenters. The van der Waals surface area contributed by atoms with Gasteiger partial charge in [0.05, 0.1) is 19.3 Å². The molecular formula is C10H16N4O4. The molecule has 1 heterocycles. The fourth-order valence-corrected chi connectivity index (χ4v) is 1.21. The lowest BCUT2D eigenvalue weighted by atomic mass is 10.4. The number of carboxylic acids is 1. The molecule has 0 aromatic carbocycles. The van der Waals surface area contributed by atoms with Crippen LogP contribution in [-0.4, -0.2) is 51.2 Å². The highest BCUT2D eigenvalue weighted by Crippen LogP contribution is 1.92. The Morgan fingerprint density at radius 1 is 1.50 bits per heavy atom. The molecule has 0 fully saturated rings. The van der Waals surface area contributed by atoms with Gasteiger partial charge in [0, 0.05) is 12.7 Å². The Morgan fingerprint density at radius 2 is 2.22 bits per heavy atom. The summed E-state index contributed by atoms with van der Waals surface area (Å²) < 4.78 is 1.68. The summed E-state index contributed by atoms with van der Waals surface area (Å²) in [6.45, 7) is 2.46. The minimum Gasteiger partial charge on any atom is -0.479 e. The molecule has 0 unspecified atom stereocenters. The Balaban J connectivity index is 2.15. The maximum Gasteiger partial charge on any atom is 0.334 e. The molecule has 2 amide bonds. The lowest BCUT2D eigenvalue weighted by Gasteiger charge is -2.09. The summed E-state index contributed by atoms with van der Waals surface area (Å²) >= 11 is 0. The van der Waals surface area contributed by atoms with E-state index in [4.69, 9.17) is 10.2 Å². The van der Waals surface area contributed by atoms with Crippen LogP contribution in [0.25, 0.3) is 0 Å². The van der Waals surface area contributed by atoms with E-state index in [2.05, 4.69) is 15.7 Å². The van der Waals surface area contributed by atoms with Crippen LogP contribution in [0, 0.1) is 6.92 Å². The smallest absolute Gasteiger partial charge is 0.334 e. The minimum absolute atomic E-state index is 0.331. The van der Waals surface area contributed by atoms with E-state index < -0.39 is 18.1 Å². The van der Waals surface area contributed by atoms with E-state index in [1.54, 1.807) is 10.9 Å². The normalized spacial score (nSPS) is 11.9. The van der Waals surface area contributed by atoms with Gasteiger partial charge < -0.3 is 20.8 Å². The van der Waals surface area contributed by atoms with Crippen molar-refractivity contribution >= 4 is 12.0 Å². The summed E-state index contributed by atoms with van der Waals surface area (Å²) in [5.41, 5.74) is 1.03. The summed E-state index contributed by atoms with van der Waals surface area (Å²) in [7, 11) is 0. The maximum atomic E-state index is 11.2. The average Bonchev–Trinajstić information content (AvgIpc) is 2.71. The van der Waals surface area contributed by atoms with Crippen molar-refractivity contribution in [1.82, 2.24) is 20.4 Å². The second-order valence-electron chi connectivity index (χ2n) is 3.77. The largest absolute Gasteiger partial charge is 0.479 e. The standard InChI is InChI=1S/C10H16N4O4/c1-7-4-13-14(6-7)3-2-11-10(18)12-5-8(15)9(16)17/h4,6,8,15H,2-3,5H2,1H3,(H,16,17)(H2,11,12,18)/t8-/m0/s1. The number of aromatic nitrogens is 2. The van der Waals surface area contributed by atoms with Crippen molar-refractivity contribution < 1.29 is 19.8 Å². The fraction of sp³-hybridized carbons (Fsp3) is 0.500. The van der Waals surface area contributed by atoms with Crippen molar-refractivity contribution in [2.75, 3.05) is 13.1 Å². The third kappa shape index (κ3) is 4.83. The third-order valence-corrected chi connectivity index (χ3v) is 2.13. The van der Waals surface area contributed by atoms with Gasteiger partial charge in [-0.25, -0.2) is 9.59 Å². The SMILES string of the molecule is Cc1cnn(CCNC(=O)NC[C@H](O)C(=O)O)c1. The zero-order chi connectivity index (χ0) is 13.5. The van der Waals surface area contributed by atoms with Gasteiger partial charge in [-0.1, -0.05) is 0 Å². The summed E-state index contributed by atoms with van der Waals surface area (Å²) in [5.74, 6) is -1.37. The van der Waals surface area contributed by atoms with E-state index in [0.29, 0.717) is 13.1 Å². The molecule has 8 heteroatoms. The molecule has 1 aromatic rings. The molecule has 1 rings (SSSR count). The van der Waals surface area contributed by atoms with Crippen LogP contribution in [0.4, 0.5) is 4.79 Å². The number of aliphatic hydroxyl groups excluding tert-OH is 1. The minimum atomic E-state index is -1.59. The molecule has 4 N–H and O–H groups in total. The molecule has 1 aromatic heterocycles. The number of nitrogens with one attached hydrogen (secondary N) is 2. The first kappa shape index (κ1) is 14.0. The number of aryl methyl sites for hydroxylation is 1. The summed E-state index contributed by atoms with van der Waals surface area (Å²) in [4.78, 5) is 21.5. The first-order chi connectivity index (χ1) is 8.49. The number of hydrogen-bond acceptors (Lipinski definition) is 4. The summed E-state index contributed by atoms with van der Waals surface area (Å²) in [5, 5.41) is 26.1. The van der Waals surface area contributed by atoms with Gasteiger partial charge in [0.1, 0.15) is 0 Å². The van der Waals surface area contributed by atoms with Crippen molar-refractivity contribution in [3.05, 3.63) is 18.0 Å². The zero-order valence-electron chi connectivity index (χ0n) is 9.96. The van der Waals surface area contributed by atoms with Crippen LogP contribution < -0.4 is 10.6 Å². The third-order valence-electron chi connectivity index (χ3n) is 2.13. The van der Waals surface area contributed by atoms with Crippen molar-refractivity contribution in [2.24, 2.45) is 0 Å². The number of carboxylic acid groups (broad SMARTS) is 1. The fourth-order valence-electron chi connectivity index (χ4n) is 1.21. The van der Waals surface area contributed by atoms with Crippen LogP contribution in [0.5, 0.6) is 0 Å². The molecule has 0 aliphatic carbocycles. The molecule has 100 valence electrons. The van der Waals surface area contributed by atoms with Gasteiger partial charge in [0.2, 0.25) is 0 Å². The molecule has 0 saturated heterocycles. The van der Waals surface area contributed by atoms with Crippen LogP contribution in [0.1, 0.15) is 5.56 Å². The lowest BCUT2D eigenvalue weighted by Crippen LogP contribution is -2.42. The van der Waals surface area contributed by atoms with E-state index in [-0.39, 0.29) is 6.54 Å².